The number of primary amides is 1. The van der Waals surface area contributed by atoms with Crippen molar-refractivity contribution >= 4 is 68.7 Å². The van der Waals surface area contributed by atoms with Crippen LogP contribution in [0.15, 0.2) is 40.4 Å². The molecule has 10 heteroatoms. The number of carbonyl (C=O) groups is 2. The van der Waals surface area contributed by atoms with E-state index in [4.69, 9.17) is 50.5 Å². The van der Waals surface area contributed by atoms with Gasteiger partial charge in [0.1, 0.15) is 18.2 Å². The molecule has 0 bridgehead atoms. The molecule has 3 N–H and O–H groups in total. The first kappa shape index (κ1) is 22.1. The fraction of sp³-hybridized carbons (Fsp3) is 0.0556. The van der Waals surface area contributed by atoms with Crippen molar-refractivity contribution in [2.24, 2.45) is 5.73 Å². The van der Waals surface area contributed by atoms with Crippen LogP contribution < -0.4 is 15.8 Å². The van der Waals surface area contributed by atoms with Crippen molar-refractivity contribution in [3.05, 3.63) is 66.6 Å². The maximum Gasteiger partial charge on any atom is 0.319 e. The van der Waals surface area contributed by atoms with E-state index in [0.29, 0.717) is 31.4 Å². The highest BCUT2D eigenvalue weighted by Crippen LogP contribution is 2.36. The number of rotatable bonds is 5. The van der Waals surface area contributed by atoms with E-state index in [1.807, 2.05) is 5.32 Å². The number of carbonyl (C=O) groups excluding carboxylic acids is 2. The number of hydrogen-bond acceptors (Lipinski definition) is 4. The van der Waals surface area contributed by atoms with Gasteiger partial charge in [0.15, 0.2) is 5.75 Å². The summed E-state index contributed by atoms with van der Waals surface area (Å²) in [6.07, 6.45) is 1.26. The molecule has 28 heavy (non-hydrogen) atoms. The van der Waals surface area contributed by atoms with Gasteiger partial charge in [0.25, 0.3) is 5.91 Å². The molecule has 0 atom stereocenters. The number of nitrogens with one attached hydrogen (secondary N) is 1. The Labute approximate surface area is 183 Å². The van der Waals surface area contributed by atoms with Gasteiger partial charge in [-0.1, -0.05) is 40.9 Å². The normalized spacial score (nSPS) is 10.9. The summed E-state index contributed by atoms with van der Waals surface area (Å²) in [5, 5.41) is 12.1. The lowest BCUT2D eigenvalue weighted by atomic mass is 10.1. The van der Waals surface area contributed by atoms with E-state index in [0.717, 1.165) is 0 Å². The minimum atomic E-state index is -1.06. The standard InChI is InChI=1S/C18H11BrCl3N3O3/c19-13-4-9(3-11(7-23)17(26)25-18(24)27)5-15(22)16(13)28-8-10-1-2-12(20)6-14(10)21/h1-6H,8H2,(H3,24,25,26,27)/b11-3-. The van der Waals surface area contributed by atoms with Crippen molar-refractivity contribution in [3.63, 3.8) is 0 Å². The molecule has 0 saturated carbocycles. The molecular weight excluding hydrogens is 492 g/mol. The molecule has 2 rings (SSSR count). The Morgan fingerprint density at radius 1 is 1.21 bits per heavy atom. The molecule has 0 radical (unpaired) electrons. The summed E-state index contributed by atoms with van der Waals surface area (Å²) in [6, 6.07) is 8.76. The zero-order valence-corrected chi connectivity index (χ0v) is 17.8. The third-order valence-corrected chi connectivity index (χ3v) is 4.78. The van der Waals surface area contributed by atoms with Crippen molar-refractivity contribution in [1.82, 2.24) is 5.32 Å². The zero-order valence-electron chi connectivity index (χ0n) is 13.9. The molecule has 144 valence electrons. The van der Waals surface area contributed by atoms with Crippen molar-refractivity contribution < 1.29 is 14.3 Å². The number of hydrogen-bond donors (Lipinski definition) is 2. The number of nitriles is 1. The number of urea groups is 1. The first-order valence-corrected chi connectivity index (χ1v) is 9.42. The van der Waals surface area contributed by atoms with Gasteiger partial charge in [0.05, 0.1) is 9.50 Å². The van der Waals surface area contributed by atoms with Crippen LogP contribution in [-0.2, 0) is 11.4 Å². The fourth-order valence-electron chi connectivity index (χ4n) is 2.08. The predicted octanol–water partition coefficient (Wildman–Crippen LogP) is 5.09. The van der Waals surface area contributed by atoms with Crippen LogP contribution in [0, 0.1) is 11.3 Å². The average Bonchev–Trinajstić information content (AvgIpc) is 2.59. The van der Waals surface area contributed by atoms with Crippen molar-refractivity contribution in [2.75, 3.05) is 0 Å². The van der Waals surface area contributed by atoms with E-state index in [9.17, 15) is 9.59 Å². The number of nitrogens with zero attached hydrogens (tertiary/aromatic N) is 1. The maximum atomic E-state index is 11.7. The summed E-state index contributed by atoms with van der Waals surface area (Å²) in [5.41, 5.74) is 5.71. The maximum absolute atomic E-state index is 11.7. The van der Waals surface area contributed by atoms with Gasteiger partial charge in [0.2, 0.25) is 0 Å². The van der Waals surface area contributed by atoms with Crippen molar-refractivity contribution in [3.8, 4) is 11.8 Å². The van der Waals surface area contributed by atoms with Gasteiger partial charge in [-0.2, -0.15) is 5.26 Å². The Balaban J connectivity index is 2.24. The van der Waals surface area contributed by atoms with Crippen LogP contribution in [0.2, 0.25) is 15.1 Å². The van der Waals surface area contributed by atoms with Gasteiger partial charge >= 0.3 is 6.03 Å². The van der Waals surface area contributed by atoms with Crippen LogP contribution in [0.1, 0.15) is 11.1 Å². The van der Waals surface area contributed by atoms with Crippen molar-refractivity contribution in [2.45, 2.75) is 6.61 Å². The van der Waals surface area contributed by atoms with Crippen LogP contribution in [-0.4, -0.2) is 11.9 Å². The van der Waals surface area contributed by atoms with E-state index < -0.39 is 11.9 Å². The first-order chi connectivity index (χ1) is 13.2. The molecule has 0 aliphatic carbocycles. The second-order valence-electron chi connectivity index (χ2n) is 5.33. The highest BCUT2D eigenvalue weighted by atomic mass is 79.9. The number of imide groups is 1. The van der Waals surface area contributed by atoms with Gasteiger partial charge in [-0.15, -0.1) is 0 Å². The first-order valence-electron chi connectivity index (χ1n) is 7.49. The topological polar surface area (TPSA) is 105 Å². The Morgan fingerprint density at radius 2 is 1.93 bits per heavy atom. The molecular formula is C18H11BrCl3N3O3. The molecule has 0 heterocycles. The summed E-state index contributed by atoms with van der Waals surface area (Å²) < 4.78 is 6.22. The highest BCUT2D eigenvalue weighted by molar-refractivity contribution is 9.10. The number of benzene rings is 2. The summed E-state index contributed by atoms with van der Waals surface area (Å²) in [5.74, 6) is -0.565. The highest BCUT2D eigenvalue weighted by Gasteiger charge is 2.14. The quantitative estimate of drug-likeness (QED) is 0.438. The summed E-state index contributed by atoms with van der Waals surface area (Å²) in [6.45, 7) is 0.147. The molecule has 2 aromatic carbocycles. The van der Waals surface area contributed by atoms with E-state index in [1.165, 1.54) is 12.1 Å². The molecule has 0 aliphatic heterocycles. The molecule has 0 fully saturated rings. The van der Waals surface area contributed by atoms with Crippen LogP contribution in [0.4, 0.5) is 4.79 Å². The third kappa shape index (κ3) is 5.88. The Kier molecular flexibility index (Phi) is 7.72. The van der Waals surface area contributed by atoms with Crippen LogP contribution in [0.25, 0.3) is 6.08 Å². The van der Waals surface area contributed by atoms with Gasteiger partial charge in [0, 0.05) is 15.6 Å². The van der Waals surface area contributed by atoms with Gasteiger partial charge < -0.3 is 10.5 Å². The van der Waals surface area contributed by atoms with Gasteiger partial charge in [-0.05, 0) is 51.8 Å². The van der Waals surface area contributed by atoms with E-state index in [1.54, 1.807) is 30.3 Å². The SMILES string of the molecule is N#C/C(=C/c1cc(Cl)c(OCc2ccc(Cl)cc2Cl)c(Br)c1)C(=O)NC(N)=O. The number of nitrogens with two attached hydrogens (primary N) is 1. The molecule has 0 aromatic heterocycles. The fourth-order valence-corrected chi connectivity index (χ4v) is 3.54. The second-order valence-corrected chi connectivity index (χ2v) is 7.43. The number of ether oxygens (including phenoxy) is 1. The molecule has 3 amide bonds. The monoisotopic (exact) mass is 501 g/mol. The zero-order chi connectivity index (χ0) is 20.8. The lowest BCUT2D eigenvalue weighted by Gasteiger charge is -2.12. The van der Waals surface area contributed by atoms with Gasteiger partial charge in [-0.3, -0.25) is 10.1 Å². The van der Waals surface area contributed by atoms with E-state index in [2.05, 4.69) is 15.9 Å². The summed E-state index contributed by atoms with van der Waals surface area (Å²) in [4.78, 5) is 22.5. The third-order valence-electron chi connectivity index (χ3n) is 3.32. The van der Waals surface area contributed by atoms with Gasteiger partial charge in [-0.25, -0.2) is 4.79 Å². The van der Waals surface area contributed by atoms with E-state index in [-0.39, 0.29) is 17.2 Å². The molecule has 6 nitrogen and oxygen atoms in total. The van der Waals surface area contributed by atoms with Crippen molar-refractivity contribution in [1.29, 1.82) is 5.26 Å². The summed E-state index contributed by atoms with van der Waals surface area (Å²) >= 11 is 21.6. The van der Waals surface area contributed by atoms with Crippen LogP contribution in [0.3, 0.4) is 0 Å². The Bertz CT molecular complexity index is 996. The minimum absolute atomic E-state index is 0.147. The molecule has 2 aromatic rings. The van der Waals surface area contributed by atoms with E-state index >= 15 is 0 Å². The van der Waals surface area contributed by atoms with Crippen LogP contribution >= 0.6 is 50.7 Å². The average molecular weight is 504 g/mol. The predicted molar refractivity (Wildman–Crippen MR) is 111 cm³/mol. The molecule has 0 spiro atoms. The lowest BCUT2D eigenvalue weighted by Crippen LogP contribution is -2.35. The molecule has 0 aliphatic rings. The largest absolute Gasteiger partial charge is 0.486 e. The smallest absolute Gasteiger partial charge is 0.319 e. The second kappa shape index (κ2) is 9.80. The summed E-state index contributed by atoms with van der Waals surface area (Å²) in [7, 11) is 0. The molecule has 0 unspecified atom stereocenters. The number of amides is 3. The molecule has 0 saturated heterocycles. The number of halogens is 4. The minimum Gasteiger partial charge on any atom is -0.486 e. The lowest BCUT2D eigenvalue weighted by molar-refractivity contribution is -0.115. The Morgan fingerprint density at radius 3 is 2.50 bits per heavy atom. The van der Waals surface area contributed by atoms with Crippen LogP contribution in [0.5, 0.6) is 5.75 Å². The Hall–Kier alpha value is -2.24.